The van der Waals surface area contributed by atoms with Crippen LogP contribution in [0.1, 0.15) is 81.5 Å². The maximum atomic E-state index is 12.0. The first-order valence-corrected chi connectivity index (χ1v) is 12.6. The lowest BCUT2D eigenvalue weighted by atomic mass is 10.1. The molecule has 1 rings (SSSR count). The number of phosphoric ester groups is 1. The van der Waals surface area contributed by atoms with Crippen molar-refractivity contribution < 1.29 is 37.9 Å². The van der Waals surface area contributed by atoms with E-state index in [1.54, 1.807) is 31.2 Å². The third kappa shape index (κ3) is 14.1. The van der Waals surface area contributed by atoms with Gasteiger partial charge in [-0.05, 0) is 44.0 Å². The fraction of sp³-hybridized carbons (Fsp3) is 0.565. The van der Waals surface area contributed by atoms with E-state index < -0.39 is 19.8 Å². The number of hydrogen-bond donors (Lipinski definition) is 2. The lowest BCUT2D eigenvalue weighted by molar-refractivity contribution is -0.130. The summed E-state index contributed by atoms with van der Waals surface area (Å²) < 4.78 is 25.3. The average molecular weight is 470 g/mol. The molecule has 1 aromatic carbocycles. The molecule has 2 N–H and O–H groups in total. The van der Waals surface area contributed by atoms with Gasteiger partial charge in [0.1, 0.15) is 5.75 Å². The van der Waals surface area contributed by atoms with Crippen LogP contribution in [0.4, 0.5) is 0 Å². The lowest BCUT2D eigenvalue weighted by Gasteiger charge is -2.07. The fourth-order valence-electron chi connectivity index (χ4n) is 2.90. The van der Waals surface area contributed by atoms with Crippen LogP contribution in [0.25, 0.3) is 0 Å². The highest BCUT2D eigenvalue weighted by Crippen LogP contribution is 2.35. The standard InChI is InChI=1S/C23H35O8P/c1-19(2)22(24)31-21-15-13-20(14-16-21)23(25)29-17-11-9-7-5-3-4-6-8-10-12-18-30-32(26,27)28/h13-16H,1,3-12,17-18H2,2H3,(H2,26,27,28). The SMILES string of the molecule is C=C(C)C(=O)Oc1ccc(C(=O)OCCCCCCCCCCCCOP(=O)(O)O)cc1. The van der Waals surface area contributed by atoms with Gasteiger partial charge in [-0.25, -0.2) is 14.2 Å². The van der Waals surface area contributed by atoms with Crippen molar-refractivity contribution in [3.8, 4) is 5.75 Å². The number of hydrogen-bond acceptors (Lipinski definition) is 6. The lowest BCUT2D eigenvalue weighted by Crippen LogP contribution is -2.09. The molecule has 32 heavy (non-hydrogen) atoms. The van der Waals surface area contributed by atoms with Crippen LogP contribution in [0.5, 0.6) is 5.75 Å². The quantitative estimate of drug-likeness (QED) is 0.103. The summed E-state index contributed by atoms with van der Waals surface area (Å²) in [5, 5.41) is 0. The van der Waals surface area contributed by atoms with Gasteiger partial charge in [0.2, 0.25) is 0 Å². The van der Waals surface area contributed by atoms with E-state index in [2.05, 4.69) is 11.1 Å². The van der Waals surface area contributed by atoms with Gasteiger partial charge in [0, 0.05) is 5.57 Å². The molecule has 0 spiro atoms. The molecule has 180 valence electrons. The zero-order chi connectivity index (χ0) is 23.8. The van der Waals surface area contributed by atoms with Gasteiger partial charge in [-0.3, -0.25) is 4.52 Å². The fourth-order valence-corrected chi connectivity index (χ4v) is 3.27. The molecule has 1 aromatic rings. The minimum absolute atomic E-state index is 0.102. The molecular weight excluding hydrogens is 435 g/mol. The Morgan fingerprint density at radius 3 is 1.78 bits per heavy atom. The molecule has 0 aliphatic carbocycles. The van der Waals surface area contributed by atoms with E-state index in [-0.39, 0.29) is 6.61 Å². The molecule has 0 aromatic heterocycles. The van der Waals surface area contributed by atoms with Crippen LogP contribution in [-0.4, -0.2) is 34.9 Å². The second kappa shape index (κ2) is 15.8. The van der Waals surface area contributed by atoms with Gasteiger partial charge in [-0.2, -0.15) is 0 Å². The summed E-state index contributed by atoms with van der Waals surface area (Å²) in [7, 11) is -4.32. The number of phosphoric acid groups is 1. The van der Waals surface area contributed by atoms with Crippen LogP contribution in [0, 0.1) is 0 Å². The zero-order valence-electron chi connectivity index (χ0n) is 18.8. The Bertz CT molecular complexity index is 754. The molecule has 0 radical (unpaired) electrons. The van der Waals surface area contributed by atoms with Crippen molar-refractivity contribution in [3.05, 3.63) is 42.0 Å². The van der Waals surface area contributed by atoms with E-state index in [9.17, 15) is 14.2 Å². The van der Waals surface area contributed by atoms with Gasteiger partial charge in [-0.1, -0.05) is 57.9 Å². The first kappa shape index (κ1) is 28.0. The summed E-state index contributed by atoms with van der Waals surface area (Å²) >= 11 is 0. The van der Waals surface area contributed by atoms with Crippen LogP contribution >= 0.6 is 7.82 Å². The van der Waals surface area contributed by atoms with E-state index in [0.29, 0.717) is 29.9 Å². The van der Waals surface area contributed by atoms with Gasteiger partial charge in [0.05, 0.1) is 18.8 Å². The highest BCUT2D eigenvalue weighted by atomic mass is 31.2. The van der Waals surface area contributed by atoms with Crippen LogP contribution in [0.3, 0.4) is 0 Å². The molecule has 0 atom stereocenters. The molecule has 0 saturated heterocycles. The van der Waals surface area contributed by atoms with Gasteiger partial charge in [0.15, 0.2) is 0 Å². The van der Waals surface area contributed by atoms with Gasteiger partial charge >= 0.3 is 19.8 Å². The number of carbonyl (C=O) groups excluding carboxylic acids is 2. The summed E-state index contributed by atoms with van der Waals surface area (Å²) in [5.41, 5.74) is 0.714. The number of ether oxygens (including phenoxy) is 2. The Kier molecular flexibility index (Phi) is 13.8. The minimum atomic E-state index is -4.32. The summed E-state index contributed by atoms with van der Waals surface area (Å²) in [6.45, 7) is 5.56. The van der Waals surface area contributed by atoms with E-state index in [1.807, 2.05) is 0 Å². The summed E-state index contributed by atoms with van der Waals surface area (Å²) in [4.78, 5) is 40.7. The maximum Gasteiger partial charge on any atom is 0.469 e. The van der Waals surface area contributed by atoms with E-state index in [4.69, 9.17) is 19.3 Å². The van der Waals surface area contributed by atoms with Crippen LogP contribution < -0.4 is 4.74 Å². The molecule has 0 fully saturated rings. The van der Waals surface area contributed by atoms with E-state index in [1.165, 1.54) is 0 Å². The van der Waals surface area contributed by atoms with Crippen molar-refractivity contribution >= 4 is 19.8 Å². The normalized spacial score (nSPS) is 11.2. The number of rotatable bonds is 17. The second-order valence-corrected chi connectivity index (χ2v) is 8.93. The van der Waals surface area contributed by atoms with E-state index >= 15 is 0 Å². The number of unbranched alkanes of at least 4 members (excludes halogenated alkanes) is 9. The van der Waals surface area contributed by atoms with Crippen molar-refractivity contribution in [1.82, 2.24) is 0 Å². The summed E-state index contributed by atoms with van der Waals surface area (Å²) in [6.07, 6.45) is 10.1. The largest absolute Gasteiger partial charge is 0.469 e. The first-order chi connectivity index (χ1) is 15.2. The Morgan fingerprint density at radius 2 is 1.31 bits per heavy atom. The Hall–Kier alpha value is -1.99. The average Bonchev–Trinajstić information content (AvgIpc) is 2.73. The van der Waals surface area contributed by atoms with Crippen LogP contribution in [-0.2, 0) is 18.6 Å². The maximum absolute atomic E-state index is 12.0. The molecule has 0 aliphatic heterocycles. The molecule has 9 heteroatoms. The topological polar surface area (TPSA) is 119 Å². The molecule has 0 aliphatic rings. The molecule has 0 amide bonds. The van der Waals surface area contributed by atoms with Crippen molar-refractivity contribution in [2.24, 2.45) is 0 Å². The van der Waals surface area contributed by atoms with Crippen molar-refractivity contribution in [2.75, 3.05) is 13.2 Å². The predicted molar refractivity (Wildman–Crippen MR) is 121 cm³/mol. The first-order valence-electron chi connectivity index (χ1n) is 11.0. The molecule has 0 saturated carbocycles. The minimum Gasteiger partial charge on any atom is -0.462 e. The monoisotopic (exact) mass is 470 g/mol. The summed E-state index contributed by atoms with van der Waals surface area (Å²) in [6, 6.07) is 6.23. The number of benzene rings is 1. The Labute approximate surface area is 190 Å². The van der Waals surface area contributed by atoms with Crippen molar-refractivity contribution in [1.29, 1.82) is 0 Å². The zero-order valence-corrected chi connectivity index (χ0v) is 19.7. The molecule has 0 bridgehead atoms. The van der Waals surface area contributed by atoms with Crippen molar-refractivity contribution in [3.63, 3.8) is 0 Å². The molecule has 0 unspecified atom stereocenters. The summed E-state index contributed by atoms with van der Waals surface area (Å²) in [5.74, 6) is -0.552. The molecule has 0 heterocycles. The van der Waals surface area contributed by atoms with Gasteiger partial charge in [0.25, 0.3) is 0 Å². The van der Waals surface area contributed by atoms with Crippen LogP contribution in [0.2, 0.25) is 0 Å². The number of esters is 2. The highest BCUT2D eigenvalue weighted by molar-refractivity contribution is 7.46. The Balaban J connectivity index is 1.99. The van der Waals surface area contributed by atoms with Crippen molar-refractivity contribution in [2.45, 2.75) is 71.1 Å². The predicted octanol–water partition coefficient (Wildman–Crippen LogP) is 5.34. The smallest absolute Gasteiger partial charge is 0.462 e. The third-order valence-corrected chi connectivity index (χ3v) is 5.20. The second-order valence-electron chi connectivity index (χ2n) is 7.69. The highest BCUT2D eigenvalue weighted by Gasteiger charge is 2.12. The van der Waals surface area contributed by atoms with Gasteiger partial charge < -0.3 is 19.3 Å². The Morgan fingerprint density at radius 1 is 0.844 bits per heavy atom. The molecular formula is C23H35O8P. The molecule has 8 nitrogen and oxygen atoms in total. The third-order valence-electron chi connectivity index (χ3n) is 4.68. The van der Waals surface area contributed by atoms with Crippen LogP contribution in [0.15, 0.2) is 36.4 Å². The van der Waals surface area contributed by atoms with E-state index in [0.717, 1.165) is 57.8 Å². The van der Waals surface area contributed by atoms with Gasteiger partial charge in [-0.15, -0.1) is 0 Å². The number of carbonyl (C=O) groups is 2.